The Morgan fingerprint density at radius 1 is 0.374 bits per heavy atom. The SMILES string of the molecule is O=C(CC1CCCCC1)N(C(=O)c1ccc2c(c1)OCCOCCOCCO2)C1CCCCC1.O=C(O)c1ccc2c(c1)OCCOCCOCCO2.O=COc1ccc2c(c1)OCCOCCOCCOc1ccc(C(=O)O)cc1OCCOCCOCCO2. The van der Waals surface area contributed by atoms with Crippen LogP contribution in [0.1, 0.15) is 102 Å². The highest BCUT2D eigenvalue weighted by Crippen LogP contribution is 2.35. The Labute approximate surface area is 530 Å². The molecule has 4 aromatic carbocycles. The fourth-order valence-electron chi connectivity index (χ4n) is 10.1. The molecule has 3 heterocycles. The van der Waals surface area contributed by atoms with Crippen molar-refractivity contribution in [3.05, 3.63) is 89.5 Å². The van der Waals surface area contributed by atoms with Crippen molar-refractivity contribution in [3.8, 4) is 51.7 Å². The van der Waals surface area contributed by atoms with E-state index in [2.05, 4.69) is 0 Å². The van der Waals surface area contributed by atoms with Gasteiger partial charge in [-0.05, 0) is 98.3 Å². The molecular formula is C66H87NO24. The lowest BCUT2D eigenvalue weighted by Crippen LogP contribution is -2.46. The highest BCUT2D eigenvalue weighted by atomic mass is 16.6. The van der Waals surface area contributed by atoms with Crippen LogP contribution in [0.2, 0.25) is 0 Å². The van der Waals surface area contributed by atoms with Gasteiger partial charge in [0.2, 0.25) is 5.91 Å². The maximum absolute atomic E-state index is 13.8. The molecule has 25 heteroatoms. The Hall–Kier alpha value is -7.49. The van der Waals surface area contributed by atoms with Crippen LogP contribution in [0.4, 0.5) is 0 Å². The molecule has 3 aliphatic heterocycles. The molecule has 25 nitrogen and oxygen atoms in total. The second-order valence-corrected chi connectivity index (χ2v) is 21.2. The third-order valence-electron chi connectivity index (χ3n) is 14.7. The molecule has 0 unspecified atom stereocenters. The number of benzene rings is 4. The third kappa shape index (κ3) is 26.0. The predicted molar refractivity (Wildman–Crippen MR) is 326 cm³/mol. The number of carboxylic acids is 2. The number of carbonyl (C=O) groups excluding carboxylic acids is 3. The first kappa shape index (κ1) is 71.0. The van der Waals surface area contributed by atoms with Gasteiger partial charge in [-0.25, -0.2) is 9.59 Å². The van der Waals surface area contributed by atoms with Crippen molar-refractivity contribution < 1.29 is 115 Å². The quantitative estimate of drug-likeness (QED) is 0.157. The van der Waals surface area contributed by atoms with Gasteiger partial charge in [0.1, 0.15) is 58.6 Å². The molecule has 5 aliphatic rings. The number of nitrogens with zero attached hydrogens (tertiary/aromatic N) is 1. The van der Waals surface area contributed by atoms with Crippen LogP contribution < -0.4 is 42.6 Å². The predicted octanol–water partition coefficient (Wildman–Crippen LogP) is 8.17. The van der Waals surface area contributed by atoms with E-state index >= 15 is 0 Å². The summed E-state index contributed by atoms with van der Waals surface area (Å²) in [5.41, 5.74) is 0.715. The molecule has 2 amide bonds. The molecule has 91 heavy (non-hydrogen) atoms. The van der Waals surface area contributed by atoms with Crippen molar-refractivity contribution in [3.63, 3.8) is 0 Å². The van der Waals surface area contributed by atoms with Crippen LogP contribution in [0.5, 0.6) is 51.7 Å². The van der Waals surface area contributed by atoms with Gasteiger partial charge in [0.15, 0.2) is 46.0 Å². The maximum Gasteiger partial charge on any atom is 0.335 e. The Morgan fingerprint density at radius 3 is 1.02 bits per heavy atom. The average Bonchev–Trinajstić information content (AvgIpc) is 1.68. The van der Waals surface area contributed by atoms with Crippen LogP contribution >= 0.6 is 0 Å². The summed E-state index contributed by atoms with van der Waals surface area (Å²) < 4.78 is 94.2. The highest BCUT2D eigenvalue weighted by molar-refractivity contribution is 6.05. The first-order valence-electron chi connectivity index (χ1n) is 31.3. The van der Waals surface area contributed by atoms with E-state index in [1.807, 2.05) is 0 Å². The van der Waals surface area contributed by atoms with Gasteiger partial charge < -0.3 is 90.7 Å². The van der Waals surface area contributed by atoms with Crippen molar-refractivity contribution in [2.24, 2.45) is 5.92 Å². The Morgan fingerprint density at radius 2 is 0.670 bits per heavy atom. The summed E-state index contributed by atoms with van der Waals surface area (Å²) in [6.45, 7) is 9.10. The summed E-state index contributed by atoms with van der Waals surface area (Å²) in [4.78, 5) is 61.7. The fourth-order valence-corrected chi connectivity index (χ4v) is 10.1. The number of imide groups is 1. The second kappa shape index (κ2) is 41.8. The molecule has 2 N–H and O–H groups in total. The van der Waals surface area contributed by atoms with E-state index in [1.165, 1.54) is 49.9 Å². The minimum absolute atomic E-state index is 0.0129. The molecule has 0 radical (unpaired) electrons. The van der Waals surface area contributed by atoms with Crippen molar-refractivity contribution in [2.75, 3.05) is 159 Å². The van der Waals surface area contributed by atoms with Gasteiger partial charge in [0.05, 0.1) is 117 Å². The number of fused-ring (bicyclic) bond motifs is 4. The molecule has 0 atom stereocenters. The van der Waals surface area contributed by atoms with Gasteiger partial charge in [-0.1, -0.05) is 38.5 Å². The zero-order chi connectivity index (χ0) is 63.9. The van der Waals surface area contributed by atoms with Gasteiger partial charge in [0.25, 0.3) is 12.4 Å². The van der Waals surface area contributed by atoms with Crippen LogP contribution in [-0.4, -0.2) is 210 Å². The highest BCUT2D eigenvalue weighted by Gasteiger charge is 2.34. The first-order chi connectivity index (χ1) is 44.7. The fraction of sp³-hybridized carbons (Fsp3) is 0.561. The van der Waals surface area contributed by atoms with Gasteiger partial charge in [-0.2, -0.15) is 0 Å². The van der Waals surface area contributed by atoms with Crippen molar-refractivity contribution in [2.45, 2.75) is 76.7 Å². The minimum atomic E-state index is -1.06. The second-order valence-electron chi connectivity index (χ2n) is 21.2. The number of aromatic carboxylic acids is 2. The zero-order valence-corrected chi connectivity index (χ0v) is 51.7. The molecule has 0 bridgehead atoms. The van der Waals surface area contributed by atoms with E-state index in [-0.39, 0.29) is 62.0 Å². The molecule has 500 valence electrons. The first-order valence-corrected chi connectivity index (χ1v) is 31.3. The van der Waals surface area contributed by atoms with E-state index in [4.69, 9.17) is 85.6 Å². The number of amides is 2. The summed E-state index contributed by atoms with van der Waals surface area (Å²) in [6, 6.07) is 19.0. The van der Waals surface area contributed by atoms with Gasteiger partial charge in [-0.3, -0.25) is 19.3 Å². The summed E-state index contributed by atoms with van der Waals surface area (Å²) in [5, 5.41) is 18.2. The van der Waals surface area contributed by atoms with Crippen LogP contribution in [0.3, 0.4) is 0 Å². The van der Waals surface area contributed by atoms with Crippen LogP contribution in [0.15, 0.2) is 72.8 Å². The van der Waals surface area contributed by atoms with E-state index in [0.29, 0.717) is 202 Å². The third-order valence-corrected chi connectivity index (χ3v) is 14.7. The number of hydrogen-bond donors (Lipinski definition) is 2. The largest absolute Gasteiger partial charge is 0.487 e. The van der Waals surface area contributed by atoms with Crippen molar-refractivity contribution >= 4 is 30.2 Å². The molecule has 0 spiro atoms. The maximum atomic E-state index is 13.8. The van der Waals surface area contributed by atoms with Gasteiger partial charge >= 0.3 is 11.9 Å². The standard InChI is InChI=1S/C27H39NO6.C26H32O12.C13H16O6/c29-26(19-21-7-3-1-4-8-21)28(23-9-5-2-6-10-23)27(30)22-11-12-24-25(20-22)34-18-16-32-14-13-31-15-17-33-24;27-19-38-21-2-4-23-25(18-21)37-16-12-33-8-6-30-9-13-34-22-3-1-20(26(28)29)17-24(22)36-15-11-32-7-5-31-10-14-35-23;14-13(15)10-1-2-11-12(9-10)19-8-6-17-4-3-16-5-7-18-11/h11-12,20-21,23H,1-10,13-19H2;1-4,17-19H,5-16H2,(H,28,29);1-2,9H,3-8H2,(H,14,15). The number of carboxylic acid groups (broad SMARTS) is 2. The van der Waals surface area contributed by atoms with Crippen molar-refractivity contribution in [1.82, 2.24) is 4.90 Å². The summed E-state index contributed by atoms with van der Waals surface area (Å²) in [6.07, 6.45) is 11.4. The van der Waals surface area contributed by atoms with E-state index in [1.54, 1.807) is 53.4 Å². The van der Waals surface area contributed by atoms with Gasteiger partial charge in [0, 0.05) is 24.1 Å². The summed E-state index contributed by atoms with van der Waals surface area (Å²) in [5.74, 6) is 2.02. The lowest BCUT2D eigenvalue weighted by Gasteiger charge is -2.34. The number of ether oxygens (including phenoxy) is 17. The van der Waals surface area contributed by atoms with E-state index in [0.717, 1.165) is 38.5 Å². The Bertz CT molecular complexity index is 2800. The smallest absolute Gasteiger partial charge is 0.335 e. The van der Waals surface area contributed by atoms with Crippen LogP contribution in [-0.2, 0) is 47.5 Å². The number of hydrogen-bond acceptors (Lipinski definition) is 22. The van der Waals surface area contributed by atoms with Gasteiger partial charge in [-0.15, -0.1) is 0 Å². The molecule has 2 saturated carbocycles. The normalized spacial score (nSPS) is 18.5. The molecule has 4 aromatic rings. The monoisotopic (exact) mass is 1280 g/mol. The number of rotatable bonds is 8. The van der Waals surface area contributed by atoms with Crippen molar-refractivity contribution in [1.29, 1.82) is 0 Å². The zero-order valence-electron chi connectivity index (χ0n) is 51.7. The molecule has 0 aromatic heterocycles. The Kier molecular flexibility index (Phi) is 32.6. The molecule has 9 rings (SSSR count). The van der Waals surface area contributed by atoms with E-state index < -0.39 is 11.9 Å². The molecular weight excluding hydrogens is 1190 g/mol. The molecule has 2 aliphatic carbocycles. The Balaban J connectivity index is 0.000000204. The molecule has 0 saturated heterocycles. The lowest BCUT2D eigenvalue weighted by atomic mass is 9.86. The molecule has 2 fully saturated rings. The minimum Gasteiger partial charge on any atom is -0.487 e. The number of carbonyl (C=O) groups is 5. The summed E-state index contributed by atoms with van der Waals surface area (Å²) in [7, 11) is 0. The average molecular weight is 1280 g/mol. The lowest BCUT2D eigenvalue weighted by molar-refractivity contribution is -0.132. The van der Waals surface area contributed by atoms with E-state index in [9.17, 15) is 29.1 Å². The van der Waals surface area contributed by atoms with Crippen LogP contribution in [0, 0.1) is 5.92 Å². The topological polar surface area (TPSA) is 286 Å². The van der Waals surface area contributed by atoms with Crippen LogP contribution in [0.25, 0.3) is 0 Å². The summed E-state index contributed by atoms with van der Waals surface area (Å²) >= 11 is 0.